The minimum Gasteiger partial charge on any atom is -0.355 e. The number of urea groups is 1. The van der Waals surface area contributed by atoms with Crippen molar-refractivity contribution in [3.8, 4) is 0 Å². The van der Waals surface area contributed by atoms with Gasteiger partial charge in [0.15, 0.2) is 0 Å². The summed E-state index contributed by atoms with van der Waals surface area (Å²) in [7, 11) is 3.22. The highest BCUT2D eigenvalue weighted by Gasteiger charge is 2.31. The summed E-state index contributed by atoms with van der Waals surface area (Å²) in [5.74, 6) is -0.555. The van der Waals surface area contributed by atoms with Crippen molar-refractivity contribution in [3.05, 3.63) is 69.1 Å². The maximum Gasteiger partial charge on any atom is 0.320 e. The van der Waals surface area contributed by atoms with E-state index in [1.165, 1.54) is 11.6 Å². The largest absolute Gasteiger partial charge is 0.355 e. The van der Waals surface area contributed by atoms with E-state index in [0.29, 0.717) is 44.7 Å². The quantitative estimate of drug-likeness (QED) is 0.737. The molecule has 168 valence electrons. The van der Waals surface area contributed by atoms with Crippen molar-refractivity contribution in [1.29, 1.82) is 0 Å². The Balaban J connectivity index is 1.62. The number of hydrogen-bond donors (Lipinski definition) is 1. The Labute approximate surface area is 186 Å². The lowest BCUT2D eigenvalue weighted by molar-refractivity contribution is -0.132. The van der Waals surface area contributed by atoms with Crippen molar-refractivity contribution < 1.29 is 14.4 Å². The first kappa shape index (κ1) is 21.6. The van der Waals surface area contributed by atoms with Crippen LogP contribution in [0.15, 0.2) is 41.3 Å². The predicted molar refractivity (Wildman–Crippen MR) is 118 cm³/mol. The van der Waals surface area contributed by atoms with E-state index in [1.807, 2.05) is 30.3 Å². The van der Waals surface area contributed by atoms with Crippen molar-refractivity contribution in [2.24, 2.45) is 0 Å². The first-order valence-corrected chi connectivity index (χ1v) is 10.7. The Bertz CT molecular complexity index is 1110. The van der Waals surface area contributed by atoms with Crippen LogP contribution >= 0.6 is 0 Å². The third-order valence-corrected chi connectivity index (χ3v) is 6.10. The third kappa shape index (κ3) is 4.10. The van der Waals surface area contributed by atoms with Gasteiger partial charge in [0.05, 0.1) is 6.54 Å². The molecule has 3 heterocycles. The molecular weight excluding hydrogens is 410 g/mol. The van der Waals surface area contributed by atoms with Gasteiger partial charge in [-0.2, -0.15) is 0 Å². The fourth-order valence-electron chi connectivity index (χ4n) is 4.29. The SMILES string of the molecule is CNC(=O)c1c2c(cn(Cc3ccccc3)c1=O)CN(C(=O)CN1CCN(C)C1=O)CC2. The maximum absolute atomic E-state index is 13.1. The standard InChI is InChI=1S/C23H27N5O4/c1-24-21(30)20-18-8-9-26(19(29)15-27-11-10-25(2)23(27)32)13-17(18)14-28(22(20)31)12-16-6-4-3-5-7-16/h3-7,14H,8-13,15H2,1-2H3,(H,24,30). The number of rotatable bonds is 5. The second-order valence-electron chi connectivity index (χ2n) is 8.20. The summed E-state index contributed by atoms with van der Waals surface area (Å²) in [6, 6.07) is 9.40. The maximum atomic E-state index is 13.1. The number of carbonyl (C=O) groups excluding carboxylic acids is 3. The molecule has 0 unspecified atom stereocenters. The van der Waals surface area contributed by atoms with Crippen molar-refractivity contribution >= 4 is 17.8 Å². The Hall–Kier alpha value is -3.62. The van der Waals surface area contributed by atoms with E-state index < -0.39 is 5.91 Å². The van der Waals surface area contributed by atoms with E-state index >= 15 is 0 Å². The van der Waals surface area contributed by atoms with Crippen LogP contribution in [0, 0.1) is 0 Å². The highest BCUT2D eigenvalue weighted by Crippen LogP contribution is 2.22. The fourth-order valence-corrected chi connectivity index (χ4v) is 4.29. The van der Waals surface area contributed by atoms with Gasteiger partial charge in [0.1, 0.15) is 12.1 Å². The van der Waals surface area contributed by atoms with Gasteiger partial charge in [-0.25, -0.2) is 4.79 Å². The molecule has 4 amide bonds. The van der Waals surface area contributed by atoms with E-state index in [1.54, 1.807) is 27.9 Å². The van der Waals surface area contributed by atoms with E-state index in [4.69, 9.17) is 0 Å². The molecule has 0 spiro atoms. The van der Waals surface area contributed by atoms with Gasteiger partial charge in [0.25, 0.3) is 11.5 Å². The van der Waals surface area contributed by atoms with Crippen LogP contribution in [-0.2, 0) is 24.3 Å². The number of carbonyl (C=O) groups is 3. The smallest absolute Gasteiger partial charge is 0.320 e. The first-order valence-electron chi connectivity index (χ1n) is 10.7. The molecule has 4 rings (SSSR count). The van der Waals surface area contributed by atoms with Crippen LogP contribution in [0.5, 0.6) is 0 Å². The van der Waals surface area contributed by atoms with Crippen LogP contribution in [0.4, 0.5) is 4.79 Å². The van der Waals surface area contributed by atoms with Crippen molar-refractivity contribution in [1.82, 2.24) is 24.6 Å². The van der Waals surface area contributed by atoms with E-state index in [9.17, 15) is 19.2 Å². The van der Waals surface area contributed by atoms with Crippen LogP contribution in [-0.4, -0.2) is 77.4 Å². The highest BCUT2D eigenvalue weighted by atomic mass is 16.2. The molecule has 1 saturated heterocycles. The van der Waals surface area contributed by atoms with Gasteiger partial charge in [-0.3, -0.25) is 14.4 Å². The number of hydrogen-bond acceptors (Lipinski definition) is 4. The molecule has 32 heavy (non-hydrogen) atoms. The molecule has 2 aliphatic heterocycles. The van der Waals surface area contributed by atoms with Crippen LogP contribution in [0.25, 0.3) is 0 Å². The lowest BCUT2D eigenvalue weighted by Crippen LogP contribution is -2.45. The van der Waals surface area contributed by atoms with Gasteiger partial charge >= 0.3 is 6.03 Å². The number of fused-ring (bicyclic) bond motifs is 1. The average molecular weight is 438 g/mol. The van der Waals surface area contributed by atoms with E-state index in [2.05, 4.69) is 5.32 Å². The molecule has 1 aromatic heterocycles. The van der Waals surface area contributed by atoms with Crippen LogP contribution in [0.1, 0.15) is 27.0 Å². The van der Waals surface area contributed by atoms with Crippen LogP contribution in [0.2, 0.25) is 0 Å². The molecule has 0 atom stereocenters. The summed E-state index contributed by atoms with van der Waals surface area (Å²) < 4.78 is 1.53. The zero-order valence-corrected chi connectivity index (χ0v) is 18.3. The number of amides is 4. The summed E-state index contributed by atoms with van der Waals surface area (Å²) >= 11 is 0. The monoisotopic (exact) mass is 437 g/mol. The fraction of sp³-hybridized carbons (Fsp3) is 0.391. The molecule has 0 radical (unpaired) electrons. The molecular formula is C23H27N5O4. The number of nitrogens with zero attached hydrogens (tertiary/aromatic N) is 4. The van der Waals surface area contributed by atoms with Gasteiger partial charge in [0, 0.05) is 46.5 Å². The molecule has 1 fully saturated rings. The molecule has 2 aromatic rings. The second-order valence-corrected chi connectivity index (χ2v) is 8.20. The average Bonchev–Trinajstić information content (AvgIpc) is 3.11. The molecule has 9 heteroatoms. The number of pyridine rings is 1. The Kier molecular flexibility index (Phi) is 5.98. The highest BCUT2D eigenvalue weighted by molar-refractivity contribution is 5.95. The third-order valence-electron chi connectivity index (χ3n) is 6.10. The molecule has 2 aliphatic rings. The normalized spacial score (nSPS) is 15.7. The van der Waals surface area contributed by atoms with Crippen molar-refractivity contribution in [2.75, 3.05) is 40.3 Å². The van der Waals surface area contributed by atoms with Gasteiger partial charge in [0.2, 0.25) is 5.91 Å². The van der Waals surface area contributed by atoms with E-state index in [0.717, 1.165) is 11.1 Å². The lowest BCUT2D eigenvalue weighted by Gasteiger charge is -2.31. The van der Waals surface area contributed by atoms with Crippen LogP contribution in [0.3, 0.4) is 0 Å². The van der Waals surface area contributed by atoms with Gasteiger partial charge in [-0.15, -0.1) is 0 Å². The summed E-state index contributed by atoms with van der Waals surface area (Å²) in [6.07, 6.45) is 2.17. The number of aromatic nitrogens is 1. The van der Waals surface area contributed by atoms with Crippen molar-refractivity contribution in [2.45, 2.75) is 19.5 Å². The summed E-state index contributed by atoms with van der Waals surface area (Å²) in [6.45, 7) is 2.20. The van der Waals surface area contributed by atoms with Gasteiger partial charge in [-0.1, -0.05) is 30.3 Å². The topological polar surface area (TPSA) is 95.0 Å². The Morgan fingerprint density at radius 2 is 1.81 bits per heavy atom. The molecule has 0 bridgehead atoms. The minimum atomic E-state index is -0.417. The molecule has 9 nitrogen and oxygen atoms in total. The second kappa shape index (κ2) is 8.86. The van der Waals surface area contributed by atoms with Crippen molar-refractivity contribution in [3.63, 3.8) is 0 Å². The minimum absolute atomic E-state index is 0.0322. The molecule has 0 aliphatic carbocycles. The summed E-state index contributed by atoms with van der Waals surface area (Å²) in [4.78, 5) is 55.6. The van der Waals surface area contributed by atoms with E-state index in [-0.39, 0.29) is 29.6 Å². The lowest BCUT2D eigenvalue weighted by atomic mass is 9.95. The predicted octanol–water partition coefficient (Wildman–Crippen LogP) is 0.508. The Morgan fingerprint density at radius 1 is 1.06 bits per heavy atom. The first-order chi connectivity index (χ1) is 15.4. The number of likely N-dealkylation sites (N-methyl/N-ethyl adjacent to an activating group) is 1. The Morgan fingerprint density at radius 3 is 2.47 bits per heavy atom. The summed E-state index contributed by atoms with van der Waals surface area (Å²) in [5.41, 5.74) is 2.22. The molecule has 1 aromatic carbocycles. The zero-order valence-electron chi connectivity index (χ0n) is 18.3. The number of nitrogens with one attached hydrogen (secondary N) is 1. The van der Waals surface area contributed by atoms with Gasteiger partial charge < -0.3 is 24.6 Å². The van der Waals surface area contributed by atoms with Crippen LogP contribution < -0.4 is 10.9 Å². The molecule has 1 N–H and O–H groups in total. The van der Waals surface area contributed by atoms with Gasteiger partial charge in [-0.05, 0) is 23.1 Å². The number of benzene rings is 1. The summed E-state index contributed by atoms with van der Waals surface area (Å²) in [5, 5.41) is 2.57. The molecule has 0 saturated carbocycles. The zero-order chi connectivity index (χ0) is 22.8.